The molecule has 0 unspecified atom stereocenters. The average Bonchev–Trinajstić information content (AvgIpc) is 3.09. The second-order valence-corrected chi connectivity index (χ2v) is 22.7. The molecule has 2 fully saturated rings. The molecule has 0 saturated carbocycles. The van der Waals surface area contributed by atoms with Gasteiger partial charge in [-0.1, -0.05) is 0 Å². The second-order valence-electron chi connectivity index (χ2n) is 10.2. The molecular weight excluding hydrogens is 448 g/mol. The number of hydrogen-bond acceptors (Lipinski definition) is 6. The molecule has 0 bridgehead atoms. The molecule has 2 aliphatic heterocycles. The minimum Gasteiger partial charge on any atom is -0.437 e. The summed E-state index contributed by atoms with van der Waals surface area (Å²) in [7, 11) is -6.39. The van der Waals surface area contributed by atoms with Gasteiger partial charge in [0, 0.05) is 38.8 Å². The predicted octanol–water partition coefficient (Wildman–Crippen LogP) is 3.21. The van der Waals surface area contributed by atoms with Crippen LogP contribution in [-0.4, -0.2) is 71.7 Å². The minimum absolute atomic E-state index is 0.0616. The van der Waals surface area contributed by atoms with Crippen molar-refractivity contribution in [2.24, 2.45) is 0 Å². The van der Waals surface area contributed by atoms with Crippen LogP contribution in [0.3, 0.4) is 0 Å². The normalized spacial score (nSPS) is 18.6. The van der Waals surface area contributed by atoms with Crippen LogP contribution in [0.2, 0.25) is 51.4 Å². The van der Waals surface area contributed by atoms with E-state index in [0.717, 1.165) is 24.9 Å². The lowest BCUT2D eigenvalue weighted by Crippen LogP contribution is -2.52. The average molecular weight is 487 g/mol. The van der Waals surface area contributed by atoms with Crippen LogP contribution in [0.5, 0.6) is 0 Å². The van der Waals surface area contributed by atoms with Crippen LogP contribution in [0.1, 0.15) is 38.5 Å². The minimum atomic E-state index is -2.36. The van der Waals surface area contributed by atoms with Gasteiger partial charge in [0.15, 0.2) is 16.6 Å². The monoisotopic (exact) mass is 486 g/mol. The van der Waals surface area contributed by atoms with Crippen molar-refractivity contribution in [1.29, 1.82) is 0 Å². The molecule has 2 heterocycles. The third kappa shape index (κ3) is 8.04. The van der Waals surface area contributed by atoms with Crippen LogP contribution < -0.4 is 0 Å². The van der Waals surface area contributed by atoms with Gasteiger partial charge < -0.3 is 8.23 Å². The summed E-state index contributed by atoms with van der Waals surface area (Å²) in [5.74, 6) is -0.246. The fraction of sp³-hybridized carbons (Fsp3) is 0.800. The Morgan fingerprint density at radius 1 is 0.613 bits per heavy atom. The Kier molecular flexibility index (Phi) is 8.59. The summed E-state index contributed by atoms with van der Waals surface area (Å²) in [5.41, 5.74) is 0. The lowest BCUT2D eigenvalue weighted by atomic mass is 10.4. The van der Waals surface area contributed by atoms with E-state index in [0.29, 0.717) is 38.8 Å². The summed E-state index contributed by atoms with van der Waals surface area (Å²) in [4.78, 5) is 49.8. The van der Waals surface area contributed by atoms with Crippen molar-refractivity contribution < 1.29 is 27.4 Å². The van der Waals surface area contributed by atoms with Gasteiger partial charge in [0.1, 0.15) is 0 Å². The van der Waals surface area contributed by atoms with Gasteiger partial charge in [0.25, 0.3) is 0 Å². The molecular formula is C20H38N2O6Si3. The topological polar surface area (TPSA) is 93.2 Å². The van der Waals surface area contributed by atoms with Crippen molar-refractivity contribution in [1.82, 2.24) is 9.80 Å². The molecule has 8 nitrogen and oxygen atoms in total. The van der Waals surface area contributed by atoms with Gasteiger partial charge in [-0.15, -0.1) is 0 Å². The molecule has 0 aromatic heterocycles. The van der Waals surface area contributed by atoms with Gasteiger partial charge >= 0.3 is 8.56 Å². The van der Waals surface area contributed by atoms with Crippen molar-refractivity contribution in [3.63, 3.8) is 0 Å². The van der Waals surface area contributed by atoms with Crippen LogP contribution in [0.4, 0.5) is 0 Å². The Morgan fingerprint density at radius 2 is 0.903 bits per heavy atom. The van der Waals surface area contributed by atoms with Gasteiger partial charge in [0.05, 0.1) is 0 Å². The van der Waals surface area contributed by atoms with Crippen molar-refractivity contribution in [2.75, 3.05) is 13.1 Å². The fourth-order valence-corrected chi connectivity index (χ4v) is 18.5. The maximum Gasteiger partial charge on any atom is 0.311 e. The maximum atomic E-state index is 11.8. The van der Waals surface area contributed by atoms with E-state index in [1.165, 1.54) is 9.80 Å². The number of imide groups is 2. The van der Waals surface area contributed by atoms with E-state index in [4.69, 9.17) is 8.23 Å². The molecule has 2 rings (SSSR count). The largest absolute Gasteiger partial charge is 0.437 e. The van der Waals surface area contributed by atoms with E-state index in [-0.39, 0.29) is 23.6 Å². The highest BCUT2D eigenvalue weighted by Crippen LogP contribution is 2.27. The zero-order chi connectivity index (χ0) is 23.4. The third-order valence-corrected chi connectivity index (χ3v) is 17.1. The lowest BCUT2D eigenvalue weighted by Gasteiger charge is -2.39. The molecule has 0 aromatic carbocycles. The zero-order valence-electron chi connectivity index (χ0n) is 19.9. The number of hydrogen-bond donors (Lipinski definition) is 0. The summed E-state index contributed by atoms with van der Waals surface area (Å²) in [6.07, 6.45) is 2.88. The molecule has 0 N–H and O–H groups in total. The number of likely N-dealkylation sites (tertiary alicyclic amines) is 2. The first-order valence-corrected chi connectivity index (χ1v) is 20.3. The first-order valence-electron chi connectivity index (χ1n) is 11.3. The summed E-state index contributed by atoms with van der Waals surface area (Å²) in [5, 5.41) is 0. The smallest absolute Gasteiger partial charge is 0.311 e. The Balaban J connectivity index is 1.78. The van der Waals surface area contributed by atoms with E-state index < -0.39 is 25.2 Å². The first-order chi connectivity index (χ1) is 14.2. The first kappa shape index (κ1) is 26.1. The standard InChI is InChI=1S/C20H38N2O6Si3/c1-29(2,15-7-13-21-17(23)9-10-18(21)24)27-31(5,6)28-30(3,4)16-8-14-22-19(25)11-12-20(22)26/h7-16H2,1-6H3. The van der Waals surface area contributed by atoms with E-state index >= 15 is 0 Å². The lowest BCUT2D eigenvalue weighted by molar-refractivity contribution is -0.139. The molecule has 0 spiro atoms. The molecule has 4 amide bonds. The van der Waals surface area contributed by atoms with Crippen LogP contribution in [0.15, 0.2) is 0 Å². The number of rotatable bonds is 12. The summed E-state index contributed by atoms with van der Waals surface area (Å²) in [6.45, 7) is 13.8. The van der Waals surface area contributed by atoms with Crippen molar-refractivity contribution in [3.05, 3.63) is 0 Å². The summed E-state index contributed by atoms with van der Waals surface area (Å²) >= 11 is 0. The molecule has 0 aromatic rings. The van der Waals surface area contributed by atoms with Gasteiger partial charge in [-0.25, -0.2) is 0 Å². The van der Waals surface area contributed by atoms with Crippen LogP contribution in [-0.2, 0) is 27.4 Å². The van der Waals surface area contributed by atoms with Gasteiger partial charge in [-0.2, -0.15) is 0 Å². The number of carbonyl (C=O) groups excluding carboxylic acids is 4. The van der Waals surface area contributed by atoms with E-state index in [9.17, 15) is 19.2 Å². The highest BCUT2D eigenvalue weighted by atomic mass is 28.5. The van der Waals surface area contributed by atoms with E-state index in [2.05, 4.69) is 39.3 Å². The van der Waals surface area contributed by atoms with Crippen LogP contribution in [0, 0.1) is 0 Å². The molecule has 11 heteroatoms. The van der Waals surface area contributed by atoms with Crippen LogP contribution in [0.25, 0.3) is 0 Å². The Labute approximate surface area is 189 Å². The predicted molar refractivity (Wildman–Crippen MR) is 125 cm³/mol. The SMILES string of the molecule is C[Si](C)(CCCN1C(=O)CCC1=O)O[Si](C)(C)O[Si](C)(C)CCCN1C(=O)CCC1=O. The van der Waals surface area contributed by atoms with Crippen LogP contribution >= 0.6 is 0 Å². The van der Waals surface area contributed by atoms with Crippen molar-refractivity contribution in [2.45, 2.75) is 89.9 Å². The second kappa shape index (κ2) is 10.2. The number of carbonyl (C=O) groups is 4. The highest BCUT2D eigenvalue weighted by Gasteiger charge is 2.40. The molecule has 0 atom stereocenters. The summed E-state index contributed by atoms with van der Waals surface area (Å²) in [6, 6.07) is 1.73. The Morgan fingerprint density at radius 3 is 1.19 bits per heavy atom. The van der Waals surface area contributed by atoms with E-state index in [1.54, 1.807) is 0 Å². The van der Waals surface area contributed by atoms with Crippen molar-refractivity contribution in [3.8, 4) is 0 Å². The zero-order valence-corrected chi connectivity index (χ0v) is 22.9. The third-order valence-electron chi connectivity index (χ3n) is 5.67. The van der Waals surface area contributed by atoms with Gasteiger partial charge in [0.2, 0.25) is 23.6 Å². The molecule has 2 aliphatic rings. The fourth-order valence-electron chi connectivity index (χ4n) is 4.52. The van der Waals surface area contributed by atoms with Crippen molar-refractivity contribution >= 4 is 48.8 Å². The molecule has 2 saturated heterocycles. The van der Waals surface area contributed by atoms with Gasteiger partial charge in [-0.05, 0) is 64.2 Å². The molecule has 0 radical (unpaired) electrons. The molecule has 31 heavy (non-hydrogen) atoms. The number of nitrogens with zero attached hydrogens (tertiary/aromatic N) is 2. The highest BCUT2D eigenvalue weighted by molar-refractivity contribution is 6.87. The molecule has 176 valence electrons. The maximum absolute atomic E-state index is 11.8. The van der Waals surface area contributed by atoms with Gasteiger partial charge in [-0.3, -0.25) is 29.0 Å². The quantitative estimate of drug-likeness (QED) is 0.311. The Hall–Kier alpha value is -1.15. The van der Waals surface area contributed by atoms with E-state index in [1.807, 2.05) is 0 Å². The Bertz CT molecular complexity index is 636. The summed E-state index contributed by atoms with van der Waals surface area (Å²) < 4.78 is 13.2. The molecule has 0 aliphatic carbocycles. The number of amides is 4.